The molecule has 1 aromatic heterocycles. The summed E-state index contributed by atoms with van der Waals surface area (Å²) in [7, 11) is 0. The van der Waals surface area contributed by atoms with E-state index >= 15 is 0 Å². The first-order valence-corrected chi connectivity index (χ1v) is 11.3. The van der Waals surface area contributed by atoms with E-state index in [1.807, 2.05) is 44.2 Å². The topological polar surface area (TPSA) is 58.4 Å². The Labute approximate surface area is 183 Å². The molecule has 1 saturated carbocycles. The first-order valence-electron chi connectivity index (χ1n) is 11.3. The number of anilines is 1. The number of fused-ring (bicyclic) bond motifs is 1. The minimum absolute atomic E-state index is 0.0880. The monoisotopic (exact) mass is 415 g/mol. The molecule has 160 valence electrons. The third-order valence-electron chi connectivity index (χ3n) is 6.86. The van der Waals surface area contributed by atoms with Gasteiger partial charge in [0.15, 0.2) is 0 Å². The molecule has 3 aromatic rings. The molecule has 5 heteroatoms. The smallest absolute Gasteiger partial charge is 0.255 e. The largest absolute Gasteiger partial charge is 0.361 e. The lowest BCUT2D eigenvalue weighted by Crippen LogP contribution is -2.41. The van der Waals surface area contributed by atoms with Crippen LogP contribution in [0.4, 0.5) is 5.69 Å². The van der Waals surface area contributed by atoms with Gasteiger partial charge in [-0.05, 0) is 80.5 Å². The van der Waals surface area contributed by atoms with Crippen LogP contribution in [0.1, 0.15) is 52.2 Å². The first-order chi connectivity index (χ1) is 15.1. The molecule has 1 fully saturated rings. The van der Waals surface area contributed by atoms with Crippen LogP contribution >= 0.6 is 0 Å². The zero-order valence-electron chi connectivity index (χ0n) is 18.3. The van der Waals surface area contributed by atoms with E-state index in [1.165, 1.54) is 30.4 Å². The number of aryl methyl sites for hydroxylation is 2. The average molecular weight is 416 g/mol. The second-order valence-electron chi connectivity index (χ2n) is 8.83. The second kappa shape index (κ2) is 8.31. The van der Waals surface area contributed by atoms with E-state index in [0.29, 0.717) is 5.56 Å². The summed E-state index contributed by atoms with van der Waals surface area (Å²) in [6, 6.07) is 14.8. The van der Waals surface area contributed by atoms with Crippen molar-refractivity contribution in [1.29, 1.82) is 0 Å². The standard InChI is InChI=1S/C26H29N3O2/c1-17-25(18(2)31-28-17)20-6-8-21(9-7-20)26(30)27-23-11-10-19-12-14-29(24-4-3-5-24)15-13-22(19)16-23/h6-11,16,24H,3-5,12-15H2,1-2H3,(H,27,30). The third kappa shape index (κ3) is 4.02. The quantitative estimate of drug-likeness (QED) is 0.639. The Morgan fingerprint density at radius 3 is 2.42 bits per heavy atom. The van der Waals surface area contributed by atoms with Crippen molar-refractivity contribution >= 4 is 11.6 Å². The Balaban J connectivity index is 1.27. The molecule has 5 nitrogen and oxygen atoms in total. The molecular formula is C26H29N3O2. The predicted molar refractivity (Wildman–Crippen MR) is 122 cm³/mol. The lowest BCUT2D eigenvalue weighted by Gasteiger charge is -2.36. The molecule has 0 saturated heterocycles. The molecule has 5 rings (SSSR count). The molecule has 31 heavy (non-hydrogen) atoms. The lowest BCUT2D eigenvalue weighted by molar-refractivity contribution is 0.102. The Kier molecular flexibility index (Phi) is 5.36. The van der Waals surface area contributed by atoms with Gasteiger partial charge in [0.2, 0.25) is 0 Å². The SMILES string of the molecule is Cc1noc(C)c1-c1ccc(C(=O)Nc2ccc3c(c2)CCN(C2CCC2)CC3)cc1. The number of rotatable bonds is 4. The summed E-state index contributed by atoms with van der Waals surface area (Å²) in [6.07, 6.45) is 6.24. The summed E-state index contributed by atoms with van der Waals surface area (Å²) in [5.41, 5.74) is 7.16. The highest BCUT2D eigenvalue weighted by Crippen LogP contribution is 2.29. The molecule has 2 aromatic carbocycles. The molecule has 1 amide bonds. The summed E-state index contributed by atoms with van der Waals surface area (Å²) in [6.45, 7) is 6.11. The first kappa shape index (κ1) is 20.0. The Morgan fingerprint density at radius 2 is 1.77 bits per heavy atom. The van der Waals surface area contributed by atoms with Crippen LogP contribution < -0.4 is 5.32 Å². The van der Waals surface area contributed by atoms with E-state index in [9.17, 15) is 4.79 Å². The molecule has 1 aliphatic carbocycles. The van der Waals surface area contributed by atoms with Gasteiger partial charge in [0, 0.05) is 35.9 Å². The number of hydrogen-bond acceptors (Lipinski definition) is 4. The van der Waals surface area contributed by atoms with Gasteiger partial charge >= 0.3 is 0 Å². The fourth-order valence-electron chi connectivity index (χ4n) is 4.82. The Hall–Kier alpha value is -2.92. The van der Waals surface area contributed by atoms with Gasteiger partial charge in [0.1, 0.15) is 5.76 Å². The fraction of sp³-hybridized carbons (Fsp3) is 0.385. The molecular weight excluding hydrogens is 386 g/mol. The molecule has 0 spiro atoms. The van der Waals surface area contributed by atoms with Gasteiger partial charge in [-0.25, -0.2) is 0 Å². The highest BCUT2D eigenvalue weighted by molar-refractivity contribution is 6.04. The second-order valence-corrected chi connectivity index (χ2v) is 8.83. The van der Waals surface area contributed by atoms with Crippen molar-refractivity contribution in [1.82, 2.24) is 10.1 Å². The number of carbonyl (C=O) groups excluding carboxylic acids is 1. The van der Waals surface area contributed by atoms with E-state index in [4.69, 9.17) is 4.52 Å². The van der Waals surface area contributed by atoms with Crippen LogP contribution in [0.25, 0.3) is 11.1 Å². The van der Waals surface area contributed by atoms with Crippen molar-refractivity contribution in [2.45, 2.75) is 52.0 Å². The van der Waals surface area contributed by atoms with Crippen LogP contribution in [0.2, 0.25) is 0 Å². The summed E-state index contributed by atoms with van der Waals surface area (Å²) >= 11 is 0. The summed E-state index contributed by atoms with van der Waals surface area (Å²) in [5.74, 6) is 0.700. The van der Waals surface area contributed by atoms with Crippen molar-refractivity contribution in [3.63, 3.8) is 0 Å². The van der Waals surface area contributed by atoms with Crippen LogP contribution in [0, 0.1) is 13.8 Å². The van der Waals surface area contributed by atoms with Crippen LogP contribution in [-0.4, -0.2) is 35.1 Å². The van der Waals surface area contributed by atoms with Crippen molar-refractivity contribution in [3.8, 4) is 11.1 Å². The van der Waals surface area contributed by atoms with Gasteiger partial charge in [0.25, 0.3) is 5.91 Å². The molecule has 0 bridgehead atoms. The molecule has 0 radical (unpaired) electrons. The molecule has 1 N–H and O–H groups in total. The molecule has 1 aliphatic heterocycles. The van der Waals surface area contributed by atoms with Crippen LogP contribution in [-0.2, 0) is 12.8 Å². The summed E-state index contributed by atoms with van der Waals surface area (Å²) in [5, 5.41) is 7.09. The van der Waals surface area contributed by atoms with Crippen LogP contribution in [0.3, 0.4) is 0 Å². The van der Waals surface area contributed by atoms with E-state index in [0.717, 1.165) is 60.2 Å². The molecule has 0 atom stereocenters. The third-order valence-corrected chi connectivity index (χ3v) is 6.86. The van der Waals surface area contributed by atoms with Gasteiger partial charge in [-0.2, -0.15) is 0 Å². The van der Waals surface area contributed by atoms with E-state index in [-0.39, 0.29) is 5.91 Å². The van der Waals surface area contributed by atoms with E-state index in [1.54, 1.807) is 0 Å². The van der Waals surface area contributed by atoms with Crippen molar-refractivity contribution in [2.24, 2.45) is 0 Å². The number of aromatic nitrogens is 1. The molecule has 2 aliphatic rings. The van der Waals surface area contributed by atoms with Crippen LogP contribution in [0.15, 0.2) is 47.0 Å². The maximum atomic E-state index is 12.8. The lowest BCUT2D eigenvalue weighted by atomic mass is 9.91. The normalized spacial score (nSPS) is 17.0. The maximum absolute atomic E-state index is 12.8. The fourth-order valence-corrected chi connectivity index (χ4v) is 4.82. The minimum Gasteiger partial charge on any atom is -0.361 e. The maximum Gasteiger partial charge on any atom is 0.255 e. The van der Waals surface area contributed by atoms with E-state index in [2.05, 4.69) is 27.5 Å². The van der Waals surface area contributed by atoms with Crippen molar-refractivity contribution < 1.29 is 9.32 Å². The summed E-state index contributed by atoms with van der Waals surface area (Å²) < 4.78 is 5.26. The summed E-state index contributed by atoms with van der Waals surface area (Å²) in [4.78, 5) is 15.5. The van der Waals surface area contributed by atoms with Crippen molar-refractivity contribution in [3.05, 3.63) is 70.6 Å². The van der Waals surface area contributed by atoms with E-state index < -0.39 is 0 Å². The number of amides is 1. The number of hydrogen-bond donors (Lipinski definition) is 1. The van der Waals surface area contributed by atoms with Gasteiger partial charge in [-0.15, -0.1) is 0 Å². The zero-order valence-corrected chi connectivity index (χ0v) is 18.3. The van der Waals surface area contributed by atoms with Crippen LogP contribution in [0.5, 0.6) is 0 Å². The predicted octanol–water partition coefficient (Wildman–Crippen LogP) is 5.16. The average Bonchev–Trinajstić information content (AvgIpc) is 2.94. The van der Waals surface area contributed by atoms with Gasteiger partial charge in [0.05, 0.1) is 5.69 Å². The highest BCUT2D eigenvalue weighted by Gasteiger charge is 2.26. The molecule has 2 heterocycles. The molecule has 0 unspecified atom stereocenters. The van der Waals surface area contributed by atoms with Gasteiger partial charge < -0.3 is 9.84 Å². The number of nitrogens with zero attached hydrogens (tertiary/aromatic N) is 2. The van der Waals surface area contributed by atoms with Gasteiger partial charge in [-0.3, -0.25) is 9.69 Å². The van der Waals surface area contributed by atoms with Crippen molar-refractivity contribution in [2.75, 3.05) is 18.4 Å². The van der Waals surface area contributed by atoms with Gasteiger partial charge in [-0.1, -0.05) is 29.8 Å². The number of carbonyl (C=O) groups is 1. The highest BCUT2D eigenvalue weighted by atomic mass is 16.5. The zero-order chi connectivity index (χ0) is 21.4. The minimum atomic E-state index is -0.0880. The Bertz CT molecular complexity index is 1080. The number of benzene rings is 2. The number of nitrogens with one attached hydrogen (secondary N) is 1. The Morgan fingerprint density at radius 1 is 1.03 bits per heavy atom.